The number of hydrogen-bond donors (Lipinski definition) is 1. The largest absolute Gasteiger partial charge is 0.309 e. The van der Waals surface area contributed by atoms with E-state index in [-0.39, 0.29) is 22.2 Å². The molecule has 1 aliphatic heterocycles. The van der Waals surface area contributed by atoms with Gasteiger partial charge in [0.05, 0.1) is 11.5 Å². The molecule has 0 aliphatic carbocycles. The first-order chi connectivity index (χ1) is 11.7. The third-order valence-electron chi connectivity index (χ3n) is 4.42. The molecule has 0 bridgehead atoms. The van der Waals surface area contributed by atoms with Crippen LogP contribution in [0.3, 0.4) is 0 Å². The number of carbonyl (C=O) groups excluding carboxylic acids is 1. The number of thioether (sulfide) groups is 1. The normalized spacial score (nSPS) is 22.6. The summed E-state index contributed by atoms with van der Waals surface area (Å²) in [4.78, 5) is 15.3. The number of rotatable bonds is 6. The molecule has 1 fully saturated rings. The van der Waals surface area contributed by atoms with Crippen LogP contribution in [0.15, 0.2) is 18.2 Å². The molecule has 1 aromatic carbocycles. The van der Waals surface area contributed by atoms with Gasteiger partial charge in [-0.25, -0.2) is 0 Å². The van der Waals surface area contributed by atoms with E-state index >= 15 is 0 Å². The highest BCUT2D eigenvalue weighted by atomic mass is 35.5. The van der Waals surface area contributed by atoms with E-state index in [4.69, 9.17) is 23.2 Å². The van der Waals surface area contributed by atoms with Crippen molar-refractivity contribution in [3.63, 3.8) is 0 Å². The van der Waals surface area contributed by atoms with E-state index in [0.29, 0.717) is 21.5 Å². The summed E-state index contributed by atoms with van der Waals surface area (Å²) in [7, 11) is 0. The molecule has 0 saturated carbocycles. The summed E-state index contributed by atoms with van der Waals surface area (Å²) in [6.45, 7) is 11.8. The number of unbranched alkanes of at least 4 members (excludes halogenated alkanes) is 1. The van der Waals surface area contributed by atoms with Gasteiger partial charge in [-0.15, -0.1) is 11.8 Å². The molecular weight excluding hydrogens is 375 g/mol. The molecule has 140 valence electrons. The summed E-state index contributed by atoms with van der Waals surface area (Å²) in [5.74, 6) is 0.330. The van der Waals surface area contributed by atoms with Crippen LogP contribution in [0.4, 0.5) is 0 Å². The van der Waals surface area contributed by atoms with Crippen LogP contribution in [0.25, 0.3) is 0 Å². The van der Waals surface area contributed by atoms with Gasteiger partial charge in [0.2, 0.25) is 0 Å². The van der Waals surface area contributed by atoms with Crippen molar-refractivity contribution in [2.45, 2.75) is 63.7 Å². The van der Waals surface area contributed by atoms with E-state index in [2.05, 4.69) is 39.9 Å². The van der Waals surface area contributed by atoms with Gasteiger partial charge in [0.15, 0.2) is 0 Å². The fraction of sp³-hybridized carbons (Fsp3) is 0.632. The first kappa shape index (κ1) is 20.9. The molecule has 0 radical (unpaired) electrons. The Labute approximate surface area is 165 Å². The van der Waals surface area contributed by atoms with E-state index in [9.17, 15) is 4.79 Å². The second-order valence-corrected chi connectivity index (χ2v) is 10.1. The van der Waals surface area contributed by atoms with Gasteiger partial charge in [0.1, 0.15) is 0 Å². The third kappa shape index (κ3) is 4.85. The summed E-state index contributed by atoms with van der Waals surface area (Å²) >= 11 is 14.1. The maximum atomic E-state index is 13.4. The zero-order valence-corrected chi connectivity index (χ0v) is 17.9. The minimum absolute atomic E-state index is 0.0184. The molecular formula is C19H28Cl2N2OS. The SMILES string of the molecule is CCCCNC1N(C(=O)c2cc(Cl)cc(Cl)c2)C(C(C)C)SC1(C)C. The summed E-state index contributed by atoms with van der Waals surface area (Å²) in [6, 6.07) is 5.05. The minimum atomic E-state index is -0.0687. The topological polar surface area (TPSA) is 32.3 Å². The first-order valence-electron chi connectivity index (χ1n) is 8.87. The van der Waals surface area contributed by atoms with Crippen LogP contribution in [0.1, 0.15) is 57.8 Å². The molecule has 1 aromatic rings. The molecule has 0 aromatic heterocycles. The van der Waals surface area contributed by atoms with Gasteiger partial charge in [0.25, 0.3) is 5.91 Å². The molecule has 25 heavy (non-hydrogen) atoms. The number of benzene rings is 1. The highest BCUT2D eigenvalue weighted by Gasteiger charge is 2.50. The van der Waals surface area contributed by atoms with Crippen LogP contribution < -0.4 is 5.32 Å². The number of hydrogen-bond acceptors (Lipinski definition) is 3. The standard InChI is InChI=1S/C19H28Cl2N2OS/c1-6-7-8-22-18-19(4,5)25-17(12(2)3)23(18)16(24)13-9-14(20)11-15(21)10-13/h9-12,17-18,22H,6-8H2,1-5H3. The summed E-state index contributed by atoms with van der Waals surface area (Å²) in [5.41, 5.74) is 0.545. The Morgan fingerprint density at radius 3 is 2.40 bits per heavy atom. The summed E-state index contributed by atoms with van der Waals surface area (Å²) < 4.78 is -0.0687. The van der Waals surface area contributed by atoms with Crippen molar-refractivity contribution in [2.24, 2.45) is 5.92 Å². The zero-order valence-electron chi connectivity index (χ0n) is 15.6. The van der Waals surface area contributed by atoms with Gasteiger partial charge >= 0.3 is 0 Å². The number of nitrogens with one attached hydrogen (secondary N) is 1. The first-order valence-corrected chi connectivity index (χ1v) is 10.5. The molecule has 2 rings (SSSR count). The molecule has 1 heterocycles. The van der Waals surface area contributed by atoms with Crippen LogP contribution in [0.5, 0.6) is 0 Å². The lowest BCUT2D eigenvalue weighted by molar-refractivity contribution is 0.0576. The van der Waals surface area contributed by atoms with Gasteiger partial charge in [0, 0.05) is 20.4 Å². The Hall–Kier alpha value is -0.420. The second-order valence-electron chi connectivity index (χ2n) is 7.44. The van der Waals surface area contributed by atoms with Gasteiger partial charge < -0.3 is 4.90 Å². The van der Waals surface area contributed by atoms with Crippen molar-refractivity contribution in [3.8, 4) is 0 Å². The predicted octanol–water partition coefficient (Wildman–Crippen LogP) is 5.66. The monoisotopic (exact) mass is 402 g/mol. The van der Waals surface area contributed by atoms with Crippen molar-refractivity contribution >= 4 is 40.9 Å². The van der Waals surface area contributed by atoms with Crippen molar-refractivity contribution in [1.82, 2.24) is 10.2 Å². The van der Waals surface area contributed by atoms with Crippen molar-refractivity contribution < 1.29 is 4.79 Å². The lowest BCUT2D eigenvalue weighted by atomic mass is 10.0. The van der Waals surface area contributed by atoms with Crippen LogP contribution in [0, 0.1) is 5.92 Å². The molecule has 0 spiro atoms. The third-order valence-corrected chi connectivity index (χ3v) is 6.70. The summed E-state index contributed by atoms with van der Waals surface area (Å²) in [5, 5.41) is 4.69. The average Bonchev–Trinajstić information content (AvgIpc) is 2.77. The molecule has 1 saturated heterocycles. The van der Waals surface area contributed by atoms with Crippen molar-refractivity contribution in [1.29, 1.82) is 0 Å². The highest BCUT2D eigenvalue weighted by molar-refractivity contribution is 8.01. The maximum absolute atomic E-state index is 13.4. The van der Waals surface area contributed by atoms with E-state index in [1.807, 2.05) is 16.7 Å². The van der Waals surface area contributed by atoms with Crippen molar-refractivity contribution in [2.75, 3.05) is 6.54 Å². The number of amides is 1. The lowest BCUT2D eigenvalue weighted by Gasteiger charge is -2.35. The number of nitrogens with zero attached hydrogens (tertiary/aromatic N) is 1. The molecule has 2 atom stereocenters. The number of carbonyl (C=O) groups is 1. The van der Waals surface area contributed by atoms with Gasteiger partial charge in [-0.2, -0.15) is 0 Å². The lowest BCUT2D eigenvalue weighted by Crippen LogP contribution is -2.55. The van der Waals surface area contributed by atoms with Gasteiger partial charge in [-0.05, 0) is 50.9 Å². The van der Waals surface area contributed by atoms with E-state index in [0.717, 1.165) is 19.4 Å². The van der Waals surface area contributed by atoms with Crippen LogP contribution in [-0.2, 0) is 0 Å². The molecule has 6 heteroatoms. The smallest absolute Gasteiger partial charge is 0.256 e. The summed E-state index contributed by atoms with van der Waals surface area (Å²) in [6.07, 6.45) is 2.19. The van der Waals surface area contributed by atoms with Crippen LogP contribution >= 0.6 is 35.0 Å². The van der Waals surface area contributed by atoms with Gasteiger partial charge in [-0.3, -0.25) is 10.1 Å². The fourth-order valence-electron chi connectivity index (χ4n) is 3.19. The van der Waals surface area contributed by atoms with E-state index in [1.165, 1.54) is 0 Å². The molecule has 1 amide bonds. The Kier molecular flexibility index (Phi) is 7.11. The minimum Gasteiger partial charge on any atom is -0.309 e. The molecule has 1 aliphatic rings. The molecule has 2 unspecified atom stereocenters. The Morgan fingerprint density at radius 1 is 1.28 bits per heavy atom. The second kappa shape index (κ2) is 8.51. The Balaban J connectivity index is 2.37. The average molecular weight is 403 g/mol. The fourth-order valence-corrected chi connectivity index (χ4v) is 5.27. The van der Waals surface area contributed by atoms with Gasteiger partial charge in [-0.1, -0.05) is 50.4 Å². The van der Waals surface area contributed by atoms with Crippen LogP contribution in [0.2, 0.25) is 10.0 Å². The van der Waals surface area contributed by atoms with E-state index < -0.39 is 0 Å². The highest BCUT2D eigenvalue weighted by Crippen LogP contribution is 2.46. The molecule has 1 N–H and O–H groups in total. The maximum Gasteiger partial charge on any atom is 0.256 e. The molecule has 3 nitrogen and oxygen atoms in total. The van der Waals surface area contributed by atoms with Crippen LogP contribution in [-0.4, -0.2) is 33.6 Å². The van der Waals surface area contributed by atoms with Crippen molar-refractivity contribution in [3.05, 3.63) is 33.8 Å². The van der Waals surface area contributed by atoms with E-state index in [1.54, 1.807) is 18.2 Å². The Morgan fingerprint density at radius 2 is 1.88 bits per heavy atom. The Bertz CT molecular complexity index is 601. The number of halogens is 2. The zero-order chi connectivity index (χ0) is 18.8. The predicted molar refractivity (Wildman–Crippen MR) is 110 cm³/mol. The quantitative estimate of drug-likeness (QED) is 0.622.